The number of nitrogens with zero attached hydrogens (tertiary/aromatic N) is 2. The number of sulfonamides is 1. The van der Waals surface area contributed by atoms with Gasteiger partial charge in [-0.2, -0.15) is 4.31 Å². The molecule has 0 unspecified atom stereocenters. The second kappa shape index (κ2) is 7.40. The van der Waals surface area contributed by atoms with Gasteiger partial charge in [0.25, 0.3) is 0 Å². The van der Waals surface area contributed by atoms with Crippen molar-refractivity contribution in [1.82, 2.24) is 9.21 Å². The van der Waals surface area contributed by atoms with Crippen LogP contribution in [-0.2, 0) is 14.8 Å². The molecule has 0 saturated carbocycles. The second-order valence-electron chi connectivity index (χ2n) is 5.87. The summed E-state index contributed by atoms with van der Waals surface area (Å²) < 4.78 is 38.1. The van der Waals surface area contributed by atoms with Crippen molar-refractivity contribution < 1.29 is 22.7 Å². The Balaban J connectivity index is 2.11. The number of para-hydroxylation sites is 2. The zero-order valence-corrected chi connectivity index (χ0v) is 15.2. The maximum absolute atomic E-state index is 12.7. The number of hydrogen-bond acceptors (Lipinski definition) is 5. The van der Waals surface area contributed by atoms with E-state index in [4.69, 9.17) is 9.47 Å². The lowest BCUT2D eigenvalue weighted by Gasteiger charge is -2.31. The van der Waals surface area contributed by atoms with Gasteiger partial charge in [-0.1, -0.05) is 19.1 Å². The molecule has 0 saturated heterocycles. The van der Waals surface area contributed by atoms with Crippen LogP contribution in [0.2, 0.25) is 0 Å². The topological polar surface area (TPSA) is 76.1 Å². The number of hydrogen-bond donors (Lipinski definition) is 0. The Morgan fingerprint density at radius 3 is 2.50 bits per heavy atom. The van der Waals surface area contributed by atoms with Gasteiger partial charge in [0, 0.05) is 20.6 Å². The molecule has 0 fully saturated rings. The van der Waals surface area contributed by atoms with E-state index in [-0.39, 0.29) is 19.7 Å². The van der Waals surface area contributed by atoms with Crippen LogP contribution in [0.5, 0.6) is 11.5 Å². The first-order valence-electron chi connectivity index (χ1n) is 7.86. The van der Waals surface area contributed by atoms with Crippen molar-refractivity contribution in [3.05, 3.63) is 24.3 Å². The highest BCUT2D eigenvalue weighted by Gasteiger charge is 2.36. The van der Waals surface area contributed by atoms with Gasteiger partial charge in [0.05, 0.1) is 6.54 Å². The number of likely N-dealkylation sites (N-methyl/N-ethyl adjacent to an activating group) is 1. The van der Waals surface area contributed by atoms with Gasteiger partial charge >= 0.3 is 0 Å². The summed E-state index contributed by atoms with van der Waals surface area (Å²) in [7, 11) is -0.683. The second-order valence-corrected chi connectivity index (χ2v) is 8.12. The molecule has 0 aromatic heterocycles. The quantitative estimate of drug-likeness (QED) is 0.759. The molecule has 8 heteroatoms. The number of fused-ring (bicyclic) bond motifs is 1. The summed E-state index contributed by atoms with van der Waals surface area (Å²) in [4.78, 5) is 13.3. The average molecular weight is 356 g/mol. The zero-order valence-electron chi connectivity index (χ0n) is 14.4. The van der Waals surface area contributed by atoms with Crippen LogP contribution < -0.4 is 9.47 Å². The number of ether oxygens (including phenoxy) is 2. The van der Waals surface area contributed by atoms with E-state index in [0.29, 0.717) is 11.5 Å². The monoisotopic (exact) mass is 356 g/mol. The highest BCUT2D eigenvalue weighted by Crippen LogP contribution is 2.31. The van der Waals surface area contributed by atoms with Crippen LogP contribution in [0.25, 0.3) is 0 Å². The van der Waals surface area contributed by atoms with Crippen molar-refractivity contribution in [2.24, 2.45) is 0 Å². The van der Waals surface area contributed by atoms with Gasteiger partial charge in [0.1, 0.15) is 12.7 Å². The first-order valence-corrected chi connectivity index (χ1v) is 9.36. The molecule has 7 nitrogen and oxygen atoms in total. The third kappa shape index (κ3) is 3.81. The number of rotatable bonds is 6. The molecular weight excluding hydrogens is 332 g/mol. The van der Waals surface area contributed by atoms with E-state index in [0.717, 1.165) is 0 Å². The van der Waals surface area contributed by atoms with Gasteiger partial charge in [-0.15, -0.1) is 0 Å². The summed E-state index contributed by atoms with van der Waals surface area (Å²) in [5, 5.41) is -1.13. The van der Waals surface area contributed by atoms with Gasteiger partial charge in [-0.3, -0.25) is 4.79 Å². The first kappa shape index (κ1) is 18.5. The Kier molecular flexibility index (Phi) is 5.71. The molecule has 1 amide bonds. The van der Waals surface area contributed by atoms with E-state index in [9.17, 15) is 13.2 Å². The molecule has 0 spiro atoms. The van der Waals surface area contributed by atoms with Gasteiger partial charge in [0.2, 0.25) is 15.9 Å². The Bertz CT molecular complexity index is 689. The van der Waals surface area contributed by atoms with Crippen LogP contribution in [0.15, 0.2) is 24.3 Å². The van der Waals surface area contributed by atoms with E-state index in [2.05, 4.69) is 0 Å². The highest BCUT2D eigenvalue weighted by molar-refractivity contribution is 7.90. The van der Waals surface area contributed by atoms with Gasteiger partial charge in [-0.25, -0.2) is 8.42 Å². The number of carbonyl (C=O) groups excluding carboxylic acids is 1. The molecule has 0 radical (unpaired) electrons. The third-order valence-corrected chi connectivity index (χ3v) is 6.14. The third-order valence-electron chi connectivity index (χ3n) is 3.92. The maximum atomic E-state index is 12.7. The largest absolute Gasteiger partial charge is 0.486 e. The van der Waals surface area contributed by atoms with E-state index in [1.807, 2.05) is 12.1 Å². The minimum Gasteiger partial charge on any atom is -0.486 e. The number of benzene rings is 1. The van der Waals surface area contributed by atoms with Crippen LogP contribution in [0.1, 0.15) is 13.8 Å². The van der Waals surface area contributed by atoms with Crippen molar-refractivity contribution in [3.8, 4) is 11.5 Å². The molecule has 1 aromatic rings. The Morgan fingerprint density at radius 1 is 1.29 bits per heavy atom. The lowest BCUT2D eigenvalue weighted by atomic mass is 10.2. The minimum atomic E-state index is -3.77. The summed E-state index contributed by atoms with van der Waals surface area (Å²) in [5.74, 6) is 0.801. The van der Waals surface area contributed by atoms with Gasteiger partial charge in [0.15, 0.2) is 16.7 Å². The molecule has 0 N–H and O–H groups in total. The van der Waals surface area contributed by atoms with Crippen LogP contribution in [0, 0.1) is 0 Å². The van der Waals surface area contributed by atoms with Crippen molar-refractivity contribution in [2.45, 2.75) is 25.2 Å². The van der Waals surface area contributed by atoms with Crippen LogP contribution in [0.3, 0.4) is 0 Å². The summed E-state index contributed by atoms with van der Waals surface area (Å²) in [5.41, 5.74) is 0. The van der Waals surface area contributed by atoms with Crippen LogP contribution in [0.4, 0.5) is 0 Å². The minimum absolute atomic E-state index is 0.137. The average Bonchev–Trinajstić information content (AvgIpc) is 2.57. The lowest BCUT2D eigenvalue weighted by Crippen LogP contribution is -2.49. The summed E-state index contributed by atoms with van der Waals surface area (Å²) in [6.07, 6.45) is -0.420. The summed E-state index contributed by atoms with van der Waals surface area (Å²) in [6, 6.07) is 7.26. The predicted molar refractivity (Wildman–Crippen MR) is 90.7 cm³/mol. The number of carbonyl (C=O) groups is 1. The smallest absolute Gasteiger partial charge is 0.241 e. The highest BCUT2D eigenvalue weighted by atomic mass is 32.2. The molecule has 1 aliphatic rings. The van der Waals surface area contributed by atoms with E-state index >= 15 is 0 Å². The molecule has 2 atom stereocenters. The number of amides is 1. The van der Waals surface area contributed by atoms with Crippen molar-refractivity contribution in [2.75, 3.05) is 33.8 Å². The fraction of sp³-hybridized carbons (Fsp3) is 0.562. The molecule has 0 aliphatic carbocycles. The summed E-state index contributed by atoms with van der Waals surface area (Å²) in [6.45, 7) is 3.81. The Morgan fingerprint density at radius 2 is 1.92 bits per heavy atom. The molecular formula is C16H24N2O5S. The van der Waals surface area contributed by atoms with Gasteiger partial charge < -0.3 is 14.4 Å². The maximum Gasteiger partial charge on any atom is 0.241 e. The normalized spacial score (nSPS) is 18.3. The van der Waals surface area contributed by atoms with E-state index < -0.39 is 27.3 Å². The van der Waals surface area contributed by atoms with Crippen LogP contribution >= 0.6 is 0 Å². The van der Waals surface area contributed by atoms with Gasteiger partial charge in [-0.05, 0) is 19.1 Å². The first-order chi connectivity index (χ1) is 11.3. The predicted octanol–water partition coefficient (Wildman–Crippen LogP) is 0.955. The molecule has 134 valence electrons. The molecule has 24 heavy (non-hydrogen) atoms. The zero-order chi connectivity index (χ0) is 17.9. The van der Waals surface area contributed by atoms with Crippen molar-refractivity contribution in [3.63, 3.8) is 0 Å². The van der Waals surface area contributed by atoms with Crippen molar-refractivity contribution in [1.29, 1.82) is 0 Å². The molecule has 1 aromatic carbocycles. The standard InChI is InChI=1S/C16H24N2O5S/c1-5-18(24(20,21)12(2)16(19)17(3)4)10-13-11-22-14-8-6-7-9-15(14)23-13/h6-9,12-13H,5,10-11H2,1-4H3/t12-,13-/m1/s1. The molecule has 2 rings (SSSR count). The van der Waals surface area contributed by atoms with Crippen molar-refractivity contribution >= 4 is 15.9 Å². The van der Waals surface area contributed by atoms with E-state index in [1.165, 1.54) is 16.1 Å². The molecule has 1 heterocycles. The van der Waals surface area contributed by atoms with E-state index in [1.54, 1.807) is 33.2 Å². The fourth-order valence-corrected chi connectivity index (χ4v) is 4.15. The SMILES string of the molecule is CCN(C[C@@H]1COc2ccccc2O1)S(=O)(=O)[C@H](C)C(=O)N(C)C. The summed E-state index contributed by atoms with van der Waals surface area (Å²) >= 11 is 0. The molecule has 0 bridgehead atoms. The lowest BCUT2D eigenvalue weighted by molar-refractivity contribution is -0.128. The Hall–Kier alpha value is -1.80. The van der Waals surface area contributed by atoms with Crippen LogP contribution in [-0.4, -0.2) is 68.7 Å². The Labute approximate surface area is 143 Å². The molecule has 1 aliphatic heterocycles. The fourth-order valence-electron chi connectivity index (χ4n) is 2.51.